The summed E-state index contributed by atoms with van der Waals surface area (Å²) < 4.78 is 4.60. The third-order valence-electron chi connectivity index (χ3n) is 1.49. The number of hydrogen-bond donors (Lipinski definition) is 0. The first-order valence-electron chi connectivity index (χ1n) is 3.48. The van der Waals surface area contributed by atoms with E-state index in [4.69, 9.17) is 0 Å². The SMILES string of the molecule is C=CCC(C(=O)OC)N(C)C. The summed E-state index contributed by atoms with van der Waals surface area (Å²) in [6.45, 7) is 3.57. The molecule has 0 aromatic carbocycles. The quantitative estimate of drug-likeness (QED) is 0.443. The average molecular weight is 157 g/mol. The molecule has 3 heteroatoms. The molecule has 0 bridgehead atoms. The number of ether oxygens (including phenoxy) is 1. The fraction of sp³-hybridized carbons (Fsp3) is 0.625. The van der Waals surface area contributed by atoms with Crippen LogP contribution in [0.3, 0.4) is 0 Å². The Bertz CT molecular complexity index is 143. The molecule has 0 rings (SSSR count). The molecule has 0 N–H and O–H groups in total. The molecular formula is C8H15NO2. The Morgan fingerprint density at radius 3 is 2.55 bits per heavy atom. The van der Waals surface area contributed by atoms with Crippen molar-refractivity contribution in [2.75, 3.05) is 21.2 Å². The molecule has 0 saturated carbocycles. The Morgan fingerprint density at radius 1 is 1.73 bits per heavy atom. The maximum Gasteiger partial charge on any atom is 0.323 e. The number of methoxy groups -OCH3 is 1. The Hall–Kier alpha value is -0.830. The number of nitrogens with zero attached hydrogens (tertiary/aromatic N) is 1. The van der Waals surface area contributed by atoms with Gasteiger partial charge in [-0.25, -0.2) is 0 Å². The van der Waals surface area contributed by atoms with Crippen LogP contribution < -0.4 is 0 Å². The normalized spacial score (nSPS) is 12.7. The van der Waals surface area contributed by atoms with E-state index in [2.05, 4.69) is 11.3 Å². The van der Waals surface area contributed by atoms with Crippen molar-refractivity contribution in [1.82, 2.24) is 4.90 Å². The highest BCUT2D eigenvalue weighted by molar-refractivity contribution is 5.75. The largest absolute Gasteiger partial charge is 0.468 e. The van der Waals surface area contributed by atoms with Crippen LogP contribution in [0, 0.1) is 0 Å². The molecule has 0 aromatic heterocycles. The fourth-order valence-electron chi connectivity index (χ4n) is 0.812. The van der Waals surface area contributed by atoms with Gasteiger partial charge in [0, 0.05) is 0 Å². The fourth-order valence-corrected chi connectivity index (χ4v) is 0.812. The molecule has 0 saturated heterocycles. The summed E-state index contributed by atoms with van der Waals surface area (Å²) in [6, 6.07) is -0.197. The van der Waals surface area contributed by atoms with E-state index in [0.717, 1.165) is 0 Å². The van der Waals surface area contributed by atoms with E-state index in [1.54, 1.807) is 6.08 Å². The van der Waals surface area contributed by atoms with Crippen LogP contribution in [0.4, 0.5) is 0 Å². The summed E-state index contributed by atoms with van der Waals surface area (Å²) in [5.41, 5.74) is 0. The Kier molecular flexibility index (Phi) is 4.54. The number of likely N-dealkylation sites (N-methyl/N-ethyl adjacent to an activating group) is 1. The van der Waals surface area contributed by atoms with Gasteiger partial charge in [-0.15, -0.1) is 6.58 Å². The molecule has 0 heterocycles. The zero-order valence-electron chi connectivity index (χ0n) is 7.33. The minimum absolute atomic E-state index is 0.197. The van der Waals surface area contributed by atoms with Gasteiger partial charge in [0.1, 0.15) is 6.04 Å². The van der Waals surface area contributed by atoms with Gasteiger partial charge in [-0.1, -0.05) is 6.08 Å². The minimum atomic E-state index is -0.213. The molecule has 0 radical (unpaired) electrons. The van der Waals surface area contributed by atoms with Crippen molar-refractivity contribution in [2.24, 2.45) is 0 Å². The van der Waals surface area contributed by atoms with Gasteiger partial charge in [-0.2, -0.15) is 0 Å². The molecular weight excluding hydrogens is 142 g/mol. The zero-order valence-corrected chi connectivity index (χ0v) is 7.33. The summed E-state index contributed by atoms with van der Waals surface area (Å²) in [4.78, 5) is 12.8. The Balaban J connectivity index is 4.08. The molecule has 0 aliphatic rings. The van der Waals surface area contributed by atoms with Gasteiger partial charge in [0.05, 0.1) is 7.11 Å². The molecule has 1 atom stereocenters. The summed E-state index contributed by atoms with van der Waals surface area (Å²) >= 11 is 0. The van der Waals surface area contributed by atoms with Crippen molar-refractivity contribution in [3.8, 4) is 0 Å². The van der Waals surface area contributed by atoms with E-state index < -0.39 is 0 Å². The van der Waals surface area contributed by atoms with Crippen molar-refractivity contribution >= 4 is 5.97 Å². The summed E-state index contributed by atoms with van der Waals surface area (Å²) in [5.74, 6) is -0.213. The molecule has 3 nitrogen and oxygen atoms in total. The zero-order chi connectivity index (χ0) is 8.85. The van der Waals surface area contributed by atoms with Crippen LogP contribution in [0.5, 0.6) is 0 Å². The first-order valence-corrected chi connectivity index (χ1v) is 3.48. The van der Waals surface area contributed by atoms with Crippen molar-refractivity contribution in [1.29, 1.82) is 0 Å². The van der Waals surface area contributed by atoms with Crippen LogP contribution in [0.2, 0.25) is 0 Å². The van der Waals surface area contributed by atoms with Crippen molar-refractivity contribution in [3.63, 3.8) is 0 Å². The number of carbonyl (C=O) groups excluding carboxylic acids is 1. The lowest BCUT2D eigenvalue weighted by Crippen LogP contribution is -2.36. The first-order chi connectivity index (χ1) is 5.13. The topological polar surface area (TPSA) is 29.5 Å². The van der Waals surface area contributed by atoms with E-state index in [0.29, 0.717) is 6.42 Å². The van der Waals surface area contributed by atoms with Gasteiger partial charge >= 0.3 is 5.97 Å². The number of esters is 1. The lowest BCUT2D eigenvalue weighted by molar-refractivity contribution is -0.145. The van der Waals surface area contributed by atoms with E-state index in [-0.39, 0.29) is 12.0 Å². The smallest absolute Gasteiger partial charge is 0.323 e. The van der Waals surface area contributed by atoms with E-state index in [9.17, 15) is 4.79 Å². The highest BCUT2D eigenvalue weighted by atomic mass is 16.5. The standard InChI is InChI=1S/C8H15NO2/c1-5-6-7(9(2)3)8(10)11-4/h5,7H,1,6H2,2-4H3. The van der Waals surface area contributed by atoms with Gasteiger partial charge in [0.15, 0.2) is 0 Å². The molecule has 0 amide bonds. The second-order valence-corrected chi connectivity index (χ2v) is 2.53. The van der Waals surface area contributed by atoms with Crippen molar-refractivity contribution < 1.29 is 9.53 Å². The highest BCUT2D eigenvalue weighted by Crippen LogP contribution is 2.01. The third kappa shape index (κ3) is 3.18. The Morgan fingerprint density at radius 2 is 2.27 bits per heavy atom. The maximum atomic E-state index is 11.0. The summed E-state index contributed by atoms with van der Waals surface area (Å²) in [7, 11) is 5.07. The lowest BCUT2D eigenvalue weighted by Gasteiger charge is -2.19. The Labute approximate surface area is 67.6 Å². The number of hydrogen-bond acceptors (Lipinski definition) is 3. The van der Waals surface area contributed by atoms with Crippen LogP contribution in [-0.2, 0) is 9.53 Å². The van der Waals surface area contributed by atoms with Crippen LogP contribution in [0.1, 0.15) is 6.42 Å². The maximum absolute atomic E-state index is 11.0. The molecule has 64 valence electrons. The second kappa shape index (κ2) is 4.91. The van der Waals surface area contributed by atoms with E-state index in [1.165, 1.54) is 7.11 Å². The predicted molar refractivity (Wildman–Crippen MR) is 44.3 cm³/mol. The van der Waals surface area contributed by atoms with Gasteiger partial charge in [0.2, 0.25) is 0 Å². The van der Waals surface area contributed by atoms with E-state index in [1.807, 2.05) is 19.0 Å². The second-order valence-electron chi connectivity index (χ2n) is 2.53. The highest BCUT2D eigenvalue weighted by Gasteiger charge is 2.18. The van der Waals surface area contributed by atoms with Gasteiger partial charge in [-0.3, -0.25) is 9.69 Å². The molecule has 1 unspecified atom stereocenters. The van der Waals surface area contributed by atoms with Crippen LogP contribution in [-0.4, -0.2) is 38.1 Å². The molecule has 0 fully saturated rings. The third-order valence-corrected chi connectivity index (χ3v) is 1.49. The van der Waals surface area contributed by atoms with Gasteiger partial charge < -0.3 is 4.74 Å². The molecule has 11 heavy (non-hydrogen) atoms. The monoisotopic (exact) mass is 157 g/mol. The molecule has 0 spiro atoms. The van der Waals surface area contributed by atoms with Crippen LogP contribution in [0.15, 0.2) is 12.7 Å². The number of carbonyl (C=O) groups is 1. The number of rotatable bonds is 4. The minimum Gasteiger partial charge on any atom is -0.468 e. The predicted octanol–water partition coefficient (Wildman–Crippen LogP) is 0.666. The molecule has 0 aliphatic heterocycles. The first kappa shape index (κ1) is 10.2. The summed E-state index contributed by atoms with van der Waals surface area (Å²) in [5, 5.41) is 0. The average Bonchev–Trinajstić information content (AvgIpc) is 1.98. The van der Waals surface area contributed by atoms with Crippen molar-refractivity contribution in [2.45, 2.75) is 12.5 Å². The van der Waals surface area contributed by atoms with Crippen molar-refractivity contribution in [3.05, 3.63) is 12.7 Å². The van der Waals surface area contributed by atoms with Gasteiger partial charge in [-0.05, 0) is 20.5 Å². The van der Waals surface area contributed by atoms with E-state index >= 15 is 0 Å². The van der Waals surface area contributed by atoms with Gasteiger partial charge in [0.25, 0.3) is 0 Å². The molecule has 0 aromatic rings. The lowest BCUT2D eigenvalue weighted by atomic mass is 10.2. The summed E-state index contributed by atoms with van der Waals surface area (Å²) in [6.07, 6.45) is 2.33. The molecule has 0 aliphatic carbocycles. The van der Waals surface area contributed by atoms with Crippen LogP contribution >= 0.6 is 0 Å². The van der Waals surface area contributed by atoms with Crippen LogP contribution in [0.25, 0.3) is 0 Å².